The summed E-state index contributed by atoms with van der Waals surface area (Å²) in [5.74, 6) is 1.25. The Morgan fingerprint density at radius 3 is 2.63 bits per heavy atom. The number of ether oxygens (including phenoxy) is 1. The van der Waals surface area contributed by atoms with Gasteiger partial charge in [0, 0.05) is 29.4 Å². The minimum atomic E-state index is -2.92. The zero-order valence-corrected chi connectivity index (χ0v) is 17.6. The summed E-state index contributed by atoms with van der Waals surface area (Å²) in [4.78, 5) is 2.18. The molecule has 6 nitrogen and oxygen atoms in total. The molecule has 0 amide bonds. The summed E-state index contributed by atoms with van der Waals surface area (Å²) in [6, 6.07) is 7.30. The largest absolute Gasteiger partial charge is 0.492 e. The zero-order chi connectivity index (χ0) is 19.6. The van der Waals surface area contributed by atoms with Crippen molar-refractivity contribution in [1.82, 2.24) is 14.7 Å². The van der Waals surface area contributed by atoms with E-state index in [9.17, 15) is 8.42 Å². The number of hydrogen-bond donors (Lipinski definition) is 0. The van der Waals surface area contributed by atoms with Gasteiger partial charge in [0.25, 0.3) is 0 Å². The Morgan fingerprint density at radius 2 is 2.00 bits per heavy atom. The van der Waals surface area contributed by atoms with Gasteiger partial charge in [-0.25, -0.2) is 8.42 Å². The molecule has 1 atom stereocenters. The number of halogens is 1. The second-order valence-electron chi connectivity index (χ2n) is 7.19. The standard InChI is InChI=1S/C19H26ClN3O3S/c1-14-19(15(2)23(21-14)17-8-11-27(24,25)13-17)12-22(3)9-10-26-18-6-4-16(20)5-7-18/h4-7,17H,8-13H2,1-3H3/t17-/m0/s1. The van der Waals surface area contributed by atoms with E-state index in [4.69, 9.17) is 16.3 Å². The number of sulfone groups is 1. The lowest BCUT2D eigenvalue weighted by Gasteiger charge is -2.18. The van der Waals surface area contributed by atoms with Crippen molar-refractivity contribution in [3.63, 3.8) is 0 Å². The third-order valence-corrected chi connectivity index (χ3v) is 7.01. The monoisotopic (exact) mass is 411 g/mol. The maximum Gasteiger partial charge on any atom is 0.152 e. The second kappa shape index (κ2) is 8.20. The van der Waals surface area contributed by atoms with Gasteiger partial charge in [0.15, 0.2) is 9.84 Å². The van der Waals surface area contributed by atoms with Crippen LogP contribution in [0.1, 0.15) is 29.4 Å². The third-order valence-electron chi connectivity index (χ3n) is 5.01. The van der Waals surface area contributed by atoms with Gasteiger partial charge < -0.3 is 4.74 Å². The van der Waals surface area contributed by atoms with E-state index >= 15 is 0 Å². The molecule has 8 heteroatoms. The van der Waals surface area contributed by atoms with Crippen molar-refractivity contribution >= 4 is 21.4 Å². The summed E-state index contributed by atoms with van der Waals surface area (Å²) < 4.78 is 31.2. The number of likely N-dealkylation sites (N-methyl/N-ethyl adjacent to an activating group) is 1. The Morgan fingerprint density at radius 1 is 1.30 bits per heavy atom. The smallest absolute Gasteiger partial charge is 0.152 e. The fourth-order valence-electron chi connectivity index (χ4n) is 3.45. The van der Waals surface area contributed by atoms with Crippen LogP contribution >= 0.6 is 11.6 Å². The SMILES string of the molecule is Cc1nn([C@H]2CCS(=O)(=O)C2)c(C)c1CN(C)CCOc1ccc(Cl)cc1. The quantitative estimate of drug-likeness (QED) is 0.700. The molecule has 1 aromatic heterocycles. The highest BCUT2D eigenvalue weighted by molar-refractivity contribution is 7.91. The molecule has 0 bridgehead atoms. The van der Waals surface area contributed by atoms with Crippen molar-refractivity contribution in [1.29, 1.82) is 0 Å². The molecule has 0 N–H and O–H groups in total. The molecule has 27 heavy (non-hydrogen) atoms. The van der Waals surface area contributed by atoms with E-state index in [1.807, 2.05) is 49.8 Å². The second-order valence-corrected chi connectivity index (χ2v) is 9.86. The maximum atomic E-state index is 11.8. The molecule has 1 fully saturated rings. The van der Waals surface area contributed by atoms with Crippen LogP contribution in [0.3, 0.4) is 0 Å². The van der Waals surface area contributed by atoms with Crippen LogP contribution in [-0.2, 0) is 16.4 Å². The summed E-state index contributed by atoms with van der Waals surface area (Å²) in [5.41, 5.74) is 3.18. The molecular weight excluding hydrogens is 386 g/mol. The van der Waals surface area contributed by atoms with Crippen LogP contribution in [-0.4, -0.2) is 54.8 Å². The summed E-state index contributed by atoms with van der Waals surface area (Å²) in [5, 5.41) is 5.32. The van der Waals surface area contributed by atoms with E-state index in [-0.39, 0.29) is 17.5 Å². The highest BCUT2D eigenvalue weighted by Crippen LogP contribution is 2.27. The van der Waals surface area contributed by atoms with Crippen LogP contribution < -0.4 is 4.74 Å². The van der Waals surface area contributed by atoms with Gasteiger partial charge in [-0.2, -0.15) is 5.10 Å². The highest BCUT2D eigenvalue weighted by Gasteiger charge is 2.31. The molecular formula is C19H26ClN3O3S. The van der Waals surface area contributed by atoms with Gasteiger partial charge in [-0.3, -0.25) is 9.58 Å². The van der Waals surface area contributed by atoms with Gasteiger partial charge in [0.1, 0.15) is 12.4 Å². The Labute approximate surface area is 166 Å². The molecule has 1 saturated heterocycles. The Kier molecular flexibility index (Phi) is 6.13. The van der Waals surface area contributed by atoms with E-state index < -0.39 is 9.84 Å². The highest BCUT2D eigenvalue weighted by atomic mass is 35.5. The van der Waals surface area contributed by atoms with Gasteiger partial charge in [-0.05, 0) is 51.6 Å². The molecule has 1 aliphatic heterocycles. The molecule has 0 radical (unpaired) electrons. The first-order valence-electron chi connectivity index (χ1n) is 9.07. The number of nitrogens with zero attached hydrogens (tertiary/aromatic N) is 3. The molecule has 3 rings (SSSR count). The molecule has 2 aromatic rings. The maximum absolute atomic E-state index is 11.8. The number of benzene rings is 1. The average Bonchev–Trinajstić information content (AvgIpc) is 3.10. The molecule has 0 saturated carbocycles. The number of rotatable bonds is 7. The zero-order valence-electron chi connectivity index (χ0n) is 16.0. The van der Waals surface area contributed by atoms with Crippen molar-refractivity contribution in [2.45, 2.75) is 32.9 Å². The Balaban J connectivity index is 1.57. The summed E-state index contributed by atoms with van der Waals surface area (Å²) in [7, 11) is -0.881. The lowest BCUT2D eigenvalue weighted by molar-refractivity contribution is 0.232. The molecule has 148 valence electrons. The van der Waals surface area contributed by atoms with Crippen LogP contribution in [0.25, 0.3) is 0 Å². The van der Waals surface area contributed by atoms with Crippen LogP contribution in [0.4, 0.5) is 0 Å². The van der Waals surface area contributed by atoms with E-state index in [1.54, 1.807) is 0 Å². The van der Waals surface area contributed by atoms with Gasteiger partial charge in [-0.15, -0.1) is 0 Å². The minimum Gasteiger partial charge on any atom is -0.492 e. The molecule has 1 aliphatic rings. The van der Waals surface area contributed by atoms with Crippen LogP contribution in [0, 0.1) is 13.8 Å². The molecule has 1 aromatic carbocycles. The predicted octanol–water partition coefficient (Wildman–Crippen LogP) is 3.02. The first kappa shape index (κ1) is 20.2. The number of hydrogen-bond acceptors (Lipinski definition) is 5. The van der Waals surface area contributed by atoms with Crippen molar-refractivity contribution in [2.24, 2.45) is 0 Å². The van der Waals surface area contributed by atoms with E-state index in [0.29, 0.717) is 18.1 Å². The lowest BCUT2D eigenvalue weighted by atomic mass is 10.1. The van der Waals surface area contributed by atoms with Crippen molar-refractivity contribution < 1.29 is 13.2 Å². The molecule has 0 unspecified atom stereocenters. The molecule has 0 aliphatic carbocycles. The van der Waals surface area contributed by atoms with Gasteiger partial charge >= 0.3 is 0 Å². The Hall–Kier alpha value is -1.57. The fraction of sp³-hybridized carbons (Fsp3) is 0.526. The van der Waals surface area contributed by atoms with E-state index in [2.05, 4.69) is 10.00 Å². The van der Waals surface area contributed by atoms with Crippen LogP contribution in [0.5, 0.6) is 5.75 Å². The summed E-state index contributed by atoms with van der Waals surface area (Å²) in [6.45, 7) is 6.11. The van der Waals surface area contributed by atoms with E-state index in [1.165, 1.54) is 0 Å². The van der Waals surface area contributed by atoms with Gasteiger partial charge in [-0.1, -0.05) is 11.6 Å². The predicted molar refractivity (Wildman–Crippen MR) is 107 cm³/mol. The van der Waals surface area contributed by atoms with Crippen molar-refractivity contribution in [3.8, 4) is 5.75 Å². The van der Waals surface area contributed by atoms with Crippen molar-refractivity contribution in [3.05, 3.63) is 46.2 Å². The van der Waals surface area contributed by atoms with Gasteiger partial charge in [0.2, 0.25) is 0 Å². The first-order chi connectivity index (χ1) is 12.7. The average molecular weight is 412 g/mol. The fourth-order valence-corrected chi connectivity index (χ4v) is 5.27. The third kappa shape index (κ3) is 5.03. The molecule has 2 heterocycles. The number of aryl methyl sites for hydroxylation is 1. The number of aromatic nitrogens is 2. The van der Waals surface area contributed by atoms with Crippen LogP contribution in [0.15, 0.2) is 24.3 Å². The minimum absolute atomic E-state index is 0.0407. The topological polar surface area (TPSA) is 64.4 Å². The normalized spacial score (nSPS) is 18.9. The summed E-state index contributed by atoms with van der Waals surface area (Å²) >= 11 is 5.88. The first-order valence-corrected chi connectivity index (χ1v) is 11.3. The summed E-state index contributed by atoms with van der Waals surface area (Å²) in [6.07, 6.45) is 0.647. The Bertz CT molecular complexity index is 894. The van der Waals surface area contributed by atoms with E-state index in [0.717, 1.165) is 35.8 Å². The molecule has 0 spiro atoms. The van der Waals surface area contributed by atoms with Crippen molar-refractivity contribution in [2.75, 3.05) is 31.7 Å². The lowest BCUT2D eigenvalue weighted by Crippen LogP contribution is -2.24. The van der Waals surface area contributed by atoms with Gasteiger partial charge in [0.05, 0.1) is 23.2 Å². The van der Waals surface area contributed by atoms with Crippen LogP contribution in [0.2, 0.25) is 5.02 Å².